The second-order valence-electron chi connectivity index (χ2n) is 14.1. The van der Waals surface area contributed by atoms with Crippen molar-refractivity contribution in [2.75, 3.05) is 39.3 Å². The Labute approximate surface area is 301 Å². The van der Waals surface area contributed by atoms with Crippen molar-refractivity contribution in [1.29, 1.82) is 0 Å². The Bertz CT molecular complexity index is 2020. The van der Waals surface area contributed by atoms with Gasteiger partial charge in [-0.15, -0.1) is 4.73 Å². The Morgan fingerprint density at radius 3 is 2.08 bits per heavy atom. The summed E-state index contributed by atoms with van der Waals surface area (Å²) in [7, 11) is 0. The number of aromatic nitrogens is 1. The smallest absolute Gasteiger partial charge is 0.335 e. The minimum atomic E-state index is -2.77. The Balaban J connectivity index is 0.922. The summed E-state index contributed by atoms with van der Waals surface area (Å²) >= 11 is 0. The molecule has 0 spiro atoms. The van der Waals surface area contributed by atoms with E-state index in [0.717, 1.165) is 15.9 Å². The predicted molar refractivity (Wildman–Crippen MR) is 184 cm³/mol. The molecule has 2 saturated heterocycles. The molecule has 1 saturated carbocycles. The fourth-order valence-corrected chi connectivity index (χ4v) is 8.18. The predicted octanol–water partition coefficient (Wildman–Crippen LogP) is 1.30. The first-order valence-corrected chi connectivity index (χ1v) is 17.5. The highest BCUT2D eigenvalue weighted by molar-refractivity contribution is 5.85. The molecule has 3 heterocycles. The first kappa shape index (κ1) is 35.5. The highest BCUT2D eigenvalue weighted by Crippen LogP contribution is 2.70. The minimum absolute atomic E-state index is 0.0888. The van der Waals surface area contributed by atoms with Gasteiger partial charge in [-0.05, 0) is 40.5 Å². The number of carboxylic acid groups (broad SMARTS) is 1. The Kier molecular flexibility index (Phi) is 9.21. The number of β-amino-alcohol motifs (C(OH)–C–C–N with tert-alkyl or cyclic N) is 1. The van der Waals surface area contributed by atoms with Gasteiger partial charge in [0.15, 0.2) is 6.10 Å². The number of halogens is 2. The molecule has 0 radical (unpaired) electrons. The molecule has 9 atom stereocenters. The molecule has 4 aliphatic rings. The first-order chi connectivity index (χ1) is 25.5. The molecule has 1 aromatic heterocycles. The summed E-state index contributed by atoms with van der Waals surface area (Å²) in [4.78, 5) is 34.4. The highest BCUT2D eigenvalue weighted by Gasteiger charge is 2.71. The Morgan fingerprint density at radius 1 is 0.830 bits per heavy atom. The lowest BCUT2D eigenvalue weighted by atomic mass is 9.90. The lowest BCUT2D eigenvalue weighted by Gasteiger charge is -2.41. The number of aliphatic hydroxyl groups is 4. The summed E-state index contributed by atoms with van der Waals surface area (Å²) in [5, 5.41) is 51.4. The molecule has 3 fully saturated rings. The van der Waals surface area contributed by atoms with Crippen molar-refractivity contribution in [1.82, 2.24) is 14.5 Å². The van der Waals surface area contributed by atoms with E-state index in [2.05, 4.69) is 9.80 Å². The number of pyridine rings is 1. The molecule has 8 rings (SSSR count). The fourth-order valence-electron chi connectivity index (χ4n) is 8.18. The van der Waals surface area contributed by atoms with Crippen LogP contribution in [-0.2, 0) is 9.53 Å². The zero-order chi connectivity index (χ0) is 37.2. The standard InChI is InChI=1S/C38H39F2N3O10/c39-38(40)29-21-6-1-3-8-23(21)31(24-9-4-2-7-22(24)30(29)38)42-16-14-41(15-17-42)18-20(44)19-51-27-11-5-10-26-25(27)12-13-28(45)43(26)53-37-34(48)32(46)33(47)35(52-37)36(49)50/h1-13,20,29-35,37,44,46-48H,14-19H2,(H,49,50)/t20-,29-,30+,31?,32+,33+,34-,35+,37+/m1/s1. The van der Waals surface area contributed by atoms with E-state index in [1.54, 1.807) is 12.1 Å². The van der Waals surface area contributed by atoms with Crippen molar-refractivity contribution in [2.45, 2.75) is 60.6 Å². The van der Waals surface area contributed by atoms with Gasteiger partial charge in [0, 0.05) is 44.2 Å². The third-order valence-corrected chi connectivity index (χ3v) is 10.9. The number of rotatable bonds is 9. The molecule has 2 aliphatic heterocycles. The van der Waals surface area contributed by atoms with Crippen molar-refractivity contribution in [3.05, 3.63) is 111 Å². The Hall–Kier alpha value is -4.48. The largest absolute Gasteiger partial charge is 0.490 e. The van der Waals surface area contributed by atoms with Gasteiger partial charge in [0.1, 0.15) is 36.8 Å². The van der Waals surface area contributed by atoms with Crippen LogP contribution in [0.15, 0.2) is 83.7 Å². The third-order valence-electron chi connectivity index (χ3n) is 10.9. The topological polar surface area (TPSA) is 174 Å². The summed E-state index contributed by atoms with van der Waals surface area (Å²) in [6, 6.07) is 22.3. The van der Waals surface area contributed by atoms with E-state index in [-0.39, 0.29) is 18.2 Å². The average molecular weight is 736 g/mol. The van der Waals surface area contributed by atoms with Crippen LogP contribution < -0.4 is 15.1 Å². The second kappa shape index (κ2) is 13.7. The van der Waals surface area contributed by atoms with Crippen molar-refractivity contribution in [2.24, 2.45) is 0 Å². The lowest BCUT2D eigenvalue weighted by molar-refractivity contribution is -0.293. The molecule has 3 aromatic carbocycles. The van der Waals surface area contributed by atoms with Crippen molar-refractivity contribution < 1.29 is 53.4 Å². The van der Waals surface area contributed by atoms with Gasteiger partial charge in [-0.3, -0.25) is 14.6 Å². The van der Waals surface area contributed by atoms with Crippen LogP contribution in [0.25, 0.3) is 10.9 Å². The molecular formula is C38H39F2N3O10. The third kappa shape index (κ3) is 6.25. The number of carboxylic acids is 1. The number of carbonyl (C=O) groups is 1. The number of hydrogen-bond donors (Lipinski definition) is 5. The molecule has 13 nitrogen and oxygen atoms in total. The molecule has 0 amide bonds. The number of piperazine rings is 1. The average Bonchev–Trinajstić information content (AvgIpc) is 3.76. The first-order valence-electron chi connectivity index (χ1n) is 17.5. The van der Waals surface area contributed by atoms with Gasteiger partial charge in [-0.1, -0.05) is 54.6 Å². The summed E-state index contributed by atoms with van der Waals surface area (Å²) < 4.78 is 42.2. The Morgan fingerprint density at radius 2 is 1.45 bits per heavy atom. The van der Waals surface area contributed by atoms with Crippen LogP contribution in [0, 0.1) is 0 Å². The van der Waals surface area contributed by atoms with Gasteiger partial charge < -0.3 is 39.8 Å². The van der Waals surface area contributed by atoms with Crippen LogP contribution in [0.2, 0.25) is 0 Å². The van der Waals surface area contributed by atoms with E-state index >= 15 is 8.78 Å². The maximum Gasteiger partial charge on any atom is 0.335 e. The van der Waals surface area contributed by atoms with Gasteiger partial charge in [0.05, 0.1) is 23.4 Å². The summed E-state index contributed by atoms with van der Waals surface area (Å²) in [5.41, 5.74) is 2.73. The van der Waals surface area contributed by atoms with E-state index < -0.39 is 66.1 Å². The monoisotopic (exact) mass is 735 g/mol. The number of ether oxygens (including phenoxy) is 2. The van der Waals surface area contributed by atoms with Crippen LogP contribution >= 0.6 is 0 Å². The van der Waals surface area contributed by atoms with Gasteiger partial charge in [0.25, 0.3) is 17.8 Å². The van der Waals surface area contributed by atoms with E-state index in [0.29, 0.717) is 55.0 Å². The minimum Gasteiger partial charge on any atom is -0.490 e. The number of nitrogens with zero attached hydrogens (tertiary/aromatic N) is 3. The molecule has 0 bridgehead atoms. The normalized spacial score (nSPS) is 30.0. The number of benzene rings is 3. The van der Waals surface area contributed by atoms with Crippen LogP contribution in [0.1, 0.15) is 40.1 Å². The van der Waals surface area contributed by atoms with Gasteiger partial charge >= 0.3 is 5.97 Å². The maximum atomic E-state index is 15.1. The maximum absolute atomic E-state index is 15.1. The number of alkyl halides is 2. The quantitative estimate of drug-likeness (QED) is 0.167. The zero-order valence-corrected chi connectivity index (χ0v) is 28.3. The molecule has 53 heavy (non-hydrogen) atoms. The van der Waals surface area contributed by atoms with Crippen molar-refractivity contribution >= 4 is 16.9 Å². The molecule has 2 aliphatic carbocycles. The number of aliphatic carboxylic acids is 1. The van der Waals surface area contributed by atoms with E-state index in [1.807, 2.05) is 48.5 Å². The number of aliphatic hydroxyl groups excluding tert-OH is 4. The lowest BCUT2D eigenvalue weighted by Crippen LogP contribution is -2.62. The van der Waals surface area contributed by atoms with Crippen LogP contribution in [0.3, 0.4) is 0 Å². The van der Waals surface area contributed by atoms with Gasteiger partial charge in [-0.2, -0.15) is 0 Å². The SMILES string of the molecule is O=C(O)[C@H]1O[C@@H](On2c(=O)ccc3c(OC[C@H](O)CN4CCN(C5c6ccccc6[C@@H]6[C@H](c7ccccc75)C6(F)F)CC4)cccc32)[C@H](O)[C@@H](O)[C@@H]1O. The molecule has 280 valence electrons. The van der Waals surface area contributed by atoms with Gasteiger partial charge in [0.2, 0.25) is 0 Å². The van der Waals surface area contributed by atoms with Crippen molar-refractivity contribution in [3.63, 3.8) is 0 Å². The second-order valence-corrected chi connectivity index (χ2v) is 14.1. The summed E-state index contributed by atoms with van der Waals surface area (Å²) in [6.07, 6.45) is -10.3. The van der Waals surface area contributed by atoms with Crippen LogP contribution in [0.4, 0.5) is 8.78 Å². The van der Waals surface area contributed by atoms with Crippen molar-refractivity contribution in [3.8, 4) is 5.75 Å². The molecule has 15 heteroatoms. The molecular weight excluding hydrogens is 696 g/mol. The summed E-state index contributed by atoms with van der Waals surface area (Å²) in [6.45, 7) is 2.84. The summed E-state index contributed by atoms with van der Waals surface area (Å²) in [5.74, 6) is -5.71. The van der Waals surface area contributed by atoms with Gasteiger partial charge in [-0.25, -0.2) is 13.6 Å². The molecule has 1 unspecified atom stereocenters. The number of hydrogen-bond acceptors (Lipinski definition) is 11. The molecule has 5 N–H and O–H groups in total. The van der Waals surface area contributed by atoms with Crippen LogP contribution in [-0.4, -0.2) is 128 Å². The number of fused-ring (bicyclic) bond motifs is 6. The van der Waals surface area contributed by atoms with Crippen LogP contribution in [0.5, 0.6) is 5.75 Å². The van der Waals surface area contributed by atoms with E-state index in [9.17, 15) is 35.1 Å². The fraction of sp³-hybridized carbons (Fsp3) is 0.421. The zero-order valence-electron chi connectivity index (χ0n) is 28.3. The molecule has 4 aromatic rings. The van der Waals surface area contributed by atoms with E-state index in [1.165, 1.54) is 18.2 Å². The highest BCUT2D eigenvalue weighted by atomic mass is 19.3. The van der Waals surface area contributed by atoms with E-state index in [4.69, 9.17) is 14.3 Å².